The first-order valence-electron chi connectivity index (χ1n) is 9.62. The summed E-state index contributed by atoms with van der Waals surface area (Å²) in [5.74, 6) is -0.0174. The van der Waals surface area contributed by atoms with Crippen LogP contribution in [0.4, 0.5) is 0 Å². The van der Waals surface area contributed by atoms with E-state index in [-0.39, 0.29) is 22.8 Å². The molecule has 7 nitrogen and oxygen atoms in total. The summed E-state index contributed by atoms with van der Waals surface area (Å²) in [5, 5.41) is 7.92. The van der Waals surface area contributed by atoms with Crippen LogP contribution in [0.25, 0.3) is 16.7 Å². The van der Waals surface area contributed by atoms with Gasteiger partial charge in [0, 0.05) is 6.04 Å². The third-order valence-corrected chi connectivity index (χ3v) is 6.01. The number of fused-ring (bicyclic) bond motifs is 1. The summed E-state index contributed by atoms with van der Waals surface area (Å²) in [4.78, 5) is 32.3. The quantitative estimate of drug-likeness (QED) is 0.510. The highest BCUT2D eigenvalue weighted by molar-refractivity contribution is 8.00. The number of benzene rings is 1. The van der Waals surface area contributed by atoms with Gasteiger partial charge >= 0.3 is 0 Å². The Kier molecular flexibility index (Phi) is 5.47. The Labute approximate surface area is 166 Å². The number of rotatable bonds is 5. The van der Waals surface area contributed by atoms with Crippen LogP contribution in [0.15, 0.2) is 46.5 Å². The van der Waals surface area contributed by atoms with Crippen LogP contribution in [0.2, 0.25) is 0 Å². The Bertz CT molecular complexity index is 1020. The molecular formula is C20H23N5O2S. The minimum absolute atomic E-state index is 0.0174. The highest BCUT2D eigenvalue weighted by Gasteiger charge is 2.22. The maximum absolute atomic E-state index is 12.5. The van der Waals surface area contributed by atoms with Gasteiger partial charge in [-0.15, -0.1) is 0 Å². The van der Waals surface area contributed by atoms with Crippen LogP contribution in [-0.4, -0.2) is 36.9 Å². The van der Waals surface area contributed by atoms with Crippen molar-refractivity contribution in [3.8, 4) is 5.69 Å². The molecule has 2 N–H and O–H groups in total. The van der Waals surface area contributed by atoms with Gasteiger partial charge in [0.05, 0.1) is 17.1 Å². The zero-order chi connectivity index (χ0) is 19.5. The molecule has 1 fully saturated rings. The lowest BCUT2D eigenvalue weighted by molar-refractivity contribution is -0.121. The van der Waals surface area contributed by atoms with E-state index < -0.39 is 0 Å². The van der Waals surface area contributed by atoms with Crippen molar-refractivity contribution < 1.29 is 4.79 Å². The topological polar surface area (TPSA) is 92.7 Å². The molecule has 8 heteroatoms. The lowest BCUT2D eigenvalue weighted by Crippen LogP contribution is -2.40. The average molecular weight is 398 g/mol. The molecule has 1 saturated carbocycles. The van der Waals surface area contributed by atoms with Crippen LogP contribution in [0.3, 0.4) is 0 Å². The van der Waals surface area contributed by atoms with Crippen LogP contribution in [0, 0.1) is 0 Å². The number of para-hydroxylation sites is 1. The normalized spacial score (nSPS) is 16.2. The number of nitrogens with zero attached hydrogens (tertiary/aromatic N) is 3. The van der Waals surface area contributed by atoms with Gasteiger partial charge in [-0.05, 0) is 31.9 Å². The second-order valence-electron chi connectivity index (χ2n) is 7.10. The number of H-pyrrole nitrogens is 1. The standard InChI is InChI=1S/C20H23N5O2S/c1-13(18(26)22-14-8-4-2-5-9-14)28-20-23-17-16(19(27)24-20)12-21-25(17)15-10-6-3-7-11-15/h3,6-7,10-14H,2,4-5,8-9H2,1H3,(H,22,26)(H,23,24,27). The number of carbonyl (C=O) groups is 1. The SMILES string of the molecule is CC(Sc1nc2c(cnn2-c2ccccc2)c(=O)[nH]1)C(=O)NC1CCCCC1. The van der Waals surface area contributed by atoms with Crippen LogP contribution >= 0.6 is 11.8 Å². The first-order chi connectivity index (χ1) is 13.6. The van der Waals surface area contributed by atoms with Crippen molar-refractivity contribution in [1.29, 1.82) is 0 Å². The third kappa shape index (κ3) is 3.96. The first kappa shape index (κ1) is 18.7. The van der Waals surface area contributed by atoms with E-state index >= 15 is 0 Å². The van der Waals surface area contributed by atoms with Crippen molar-refractivity contribution in [2.75, 3.05) is 0 Å². The van der Waals surface area contributed by atoms with Crippen LogP contribution < -0.4 is 10.9 Å². The fourth-order valence-electron chi connectivity index (χ4n) is 3.50. The highest BCUT2D eigenvalue weighted by Crippen LogP contribution is 2.23. The zero-order valence-electron chi connectivity index (χ0n) is 15.7. The lowest BCUT2D eigenvalue weighted by Gasteiger charge is -2.24. The van der Waals surface area contributed by atoms with Gasteiger partial charge in [0.15, 0.2) is 10.8 Å². The van der Waals surface area contributed by atoms with E-state index in [9.17, 15) is 9.59 Å². The number of hydrogen-bond acceptors (Lipinski definition) is 5. The smallest absolute Gasteiger partial charge is 0.262 e. The predicted octanol–water partition coefficient (Wildman–Crippen LogP) is 3.04. The van der Waals surface area contributed by atoms with Gasteiger partial charge in [-0.3, -0.25) is 9.59 Å². The fraction of sp³-hybridized carbons (Fsp3) is 0.400. The van der Waals surface area contributed by atoms with Crippen LogP contribution in [0.1, 0.15) is 39.0 Å². The van der Waals surface area contributed by atoms with Gasteiger partial charge in [0.25, 0.3) is 5.56 Å². The minimum atomic E-state index is -0.351. The molecular weight excluding hydrogens is 374 g/mol. The molecule has 0 bridgehead atoms. The number of hydrogen-bond donors (Lipinski definition) is 2. The first-order valence-corrected chi connectivity index (χ1v) is 10.5. The Morgan fingerprint density at radius 2 is 2.00 bits per heavy atom. The molecule has 0 aliphatic heterocycles. The maximum Gasteiger partial charge on any atom is 0.262 e. The van der Waals surface area contributed by atoms with Crippen molar-refractivity contribution in [3.05, 3.63) is 46.9 Å². The second-order valence-corrected chi connectivity index (χ2v) is 8.43. The minimum Gasteiger partial charge on any atom is -0.352 e. The Morgan fingerprint density at radius 1 is 1.25 bits per heavy atom. The van der Waals surface area contributed by atoms with Gasteiger partial charge in [-0.1, -0.05) is 49.2 Å². The van der Waals surface area contributed by atoms with Crippen molar-refractivity contribution >= 4 is 28.7 Å². The Morgan fingerprint density at radius 3 is 2.75 bits per heavy atom. The predicted molar refractivity (Wildman–Crippen MR) is 110 cm³/mol. The molecule has 0 radical (unpaired) electrons. The summed E-state index contributed by atoms with van der Waals surface area (Å²) >= 11 is 1.26. The number of aromatic nitrogens is 4. The van der Waals surface area contributed by atoms with Crippen LogP contribution in [0.5, 0.6) is 0 Å². The molecule has 1 amide bonds. The van der Waals surface area contributed by atoms with E-state index in [1.165, 1.54) is 37.2 Å². The molecule has 1 unspecified atom stereocenters. The summed E-state index contributed by atoms with van der Waals surface area (Å²) in [5.41, 5.74) is 1.06. The number of thioether (sulfide) groups is 1. The average Bonchev–Trinajstić information content (AvgIpc) is 3.14. The molecule has 28 heavy (non-hydrogen) atoms. The molecule has 0 spiro atoms. The maximum atomic E-state index is 12.5. The molecule has 3 aromatic rings. The molecule has 4 rings (SSSR count). The molecule has 1 aromatic carbocycles. The molecule has 1 aliphatic rings. The van der Waals surface area contributed by atoms with E-state index in [1.54, 1.807) is 4.68 Å². The van der Waals surface area contributed by atoms with Gasteiger partial charge in [0.2, 0.25) is 5.91 Å². The number of nitrogens with one attached hydrogen (secondary N) is 2. The largest absolute Gasteiger partial charge is 0.352 e. The summed E-state index contributed by atoms with van der Waals surface area (Å²) < 4.78 is 1.64. The lowest BCUT2D eigenvalue weighted by atomic mass is 9.95. The molecule has 1 aliphatic carbocycles. The van der Waals surface area contributed by atoms with Gasteiger partial charge < -0.3 is 10.3 Å². The van der Waals surface area contributed by atoms with Crippen molar-refractivity contribution in [2.24, 2.45) is 0 Å². The van der Waals surface area contributed by atoms with E-state index in [2.05, 4.69) is 20.4 Å². The van der Waals surface area contributed by atoms with Gasteiger partial charge in [0.1, 0.15) is 5.39 Å². The monoisotopic (exact) mass is 397 g/mol. The zero-order valence-corrected chi connectivity index (χ0v) is 16.5. The summed E-state index contributed by atoms with van der Waals surface area (Å²) in [6.45, 7) is 1.83. The number of amides is 1. The second kappa shape index (κ2) is 8.18. The van der Waals surface area contributed by atoms with Gasteiger partial charge in [-0.25, -0.2) is 9.67 Å². The van der Waals surface area contributed by atoms with Crippen molar-refractivity contribution in [2.45, 2.75) is 55.5 Å². The van der Waals surface area contributed by atoms with Gasteiger partial charge in [-0.2, -0.15) is 5.10 Å². The van der Waals surface area contributed by atoms with Crippen molar-refractivity contribution in [1.82, 2.24) is 25.1 Å². The number of carbonyl (C=O) groups excluding carboxylic acids is 1. The Hall–Kier alpha value is -2.61. The van der Waals surface area contributed by atoms with E-state index in [0.29, 0.717) is 16.2 Å². The molecule has 1 atom stereocenters. The Balaban J connectivity index is 1.55. The fourth-order valence-corrected chi connectivity index (χ4v) is 4.30. The van der Waals surface area contributed by atoms with E-state index in [1.807, 2.05) is 37.3 Å². The highest BCUT2D eigenvalue weighted by atomic mass is 32.2. The molecule has 2 aromatic heterocycles. The molecule has 2 heterocycles. The van der Waals surface area contributed by atoms with Crippen LogP contribution in [-0.2, 0) is 4.79 Å². The van der Waals surface area contributed by atoms with E-state index in [0.717, 1.165) is 18.5 Å². The summed E-state index contributed by atoms with van der Waals surface area (Å²) in [6, 6.07) is 9.80. The molecule has 146 valence electrons. The van der Waals surface area contributed by atoms with E-state index in [4.69, 9.17) is 0 Å². The molecule has 0 saturated heterocycles. The summed E-state index contributed by atoms with van der Waals surface area (Å²) in [7, 11) is 0. The van der Waals surface area contributed by atoms with Crippen molar-refractivity contribution in [3.63, 3.8) is 0 Å². The number of aromatic amines is 1. The third-order valence-electron chi connectivity index (χ3n) is 5.03. The summed E-state index contributed by atoms with van der Waals surface area (Å²) in [6.07, 6.45) is 7.18.